The predicted molar refractivity (Wildman–Crippen MR) is 101 cm³/mol. The second-order valence-corrected chi connectivity index (χ2v) is 7.76. The Morgan fingerprint density at radius 1 is 1.38 bits per heavy atom. The van der Waals surface area contributed by atoms with Crippen LogP contribution in [0.15, 0.2) is 18.2 Å². The third kappa shape index (κ3) is 4.36. The zero-order valence-electron chi connectivity index (χ0n) is 14.5. The molecule has 0 unspecified atom stereocenters. The molecular weight excluding hydrogens is 322 g/mol. The SMILES string of the molecule is Cc1cc(N2CCSCC2)ccc1NC(=O)N[C@H](C)[C@@H]1CCCO1. The second-order valence-electron chi connectivity index (χ2n) is 6.54. The van der Waals surface area contributed by atoms with Gasteiger partial charge in [-0.3, -0.25) is 0 Å². The molecule has 6 heteroatoms. The number of benzene rings is 1. The van der Waals surface area contributed by atoms with E-state index < -0.39 is 0 Å². The molecule has 2 atom stereocenters. The topological polar surface area (TPSA) is 53.6 Å². The summed E-state index contributed by atoms with van der Waals surface area (Å²) in [6.45, 7) is 7.03. The molecule has 2 aliphatic heterocycles. The standard InChI is InChI=1S/C18H27N3O2S/c1-13-12-15(21-7-10-24-11-8-21)5-6-16(13)20-18(22)19-14(2)17-4-3-9-23-17/h5-6,12,14,17H,3-4,7-11H2,1-2H3,(H2,19,20,22)/t14-,17+/m1/s1. The molecular formula is C18H27N3O2S. The van der Waals surface area contributed by atoms with Crippen molar-refractivity contribution in [2.45, 2.75) is 38.8 Å². The van der Waals surface area contributed by atoms with Crippen LogP contribution >= 0.6 is 11.8 Å². The largest absolute Gasteiger partial charge is 0.376 e. The van der Waals surface area contributed by atoms with E-state index in [0.29, 0.717) is 0 Å². The average Bonchev–Trinajstić information content (AvgIpc) is 3.12. The molecule has 2 heterocycles. The van der Waals surface area contributed by atoms with Gasteiger partial charge in [0.25, 0.3) is 0 Å². The third-order valence-corrected chi connectivity index (χ3v) is 5.66. The number of hydrogen-bond donors (Lipinski definition) is 2. The minimum atomic E-state index is -0.164. The number of amides is 2. The fourth-order valence-electron chi connectivity index (χ4n) is 3.26. The van der Waals surface area contributed by atoms with Crippen LogP contribution in [0.1, 0.15) is 25.3 Å². The van der Waals surface area contributed by atoms with E-state index in [1.807, 2.05) is 31.7 Å². The summed E-state index contributed by atoms with van der Waals surface area (Å²) in [7, 11) is 0. The van der Waals surface area contributed by atoms with Crippen LogP contribution in [-0.4, -0.2) is 49.4 Å². The number of nitrogens with one attached hydrogen (secondary N) is 2. The molecule has 24 heavy (non-hydrogen) atoms. The number of urea groups is 1. The first-order valence-corrected chi connectivity index (χ1v) is 9.91. The maximum Gasteiger partial charge on any atom is 0.319 e. The van der Waals surface area contributed by atoms with Gasteiger partial charge in [-0.25, -0.2) is 4.79 Å². The summed E-state index contributed by atoms with van der Waals surface area (Å²) >= 11 is 2.01. The lowest BCUT2D eigenvalue weighted by molar-refractivity contribution is 0.0868. The number of thioether (sulfide) groups is 1. The number of anilines is 2. The number of carbonyl (C=O) groups excluding carboxylic acids is 1. The molecule has 0 aliphatic carbocycles. The zero-order chi connectivity index (χ0) is 16.9. The maximum absolute atomic E-state index is 12.2. The molecule has 0 bridgehead atoms. The molecule has 2 aliphatic rings. The van der Waals surface area contributed by atoms with Gasteiger partial charge in [0.2, 0.25) is 0 Å². The van der Waals surface area contributed by atoms with Crippen LogP contribution < -0.4 is 15.5 Å². The molecule has 5 nitrogen and oxygen atoms in total. The zero-order valence-corrected chi connectivity index (χ0v) is 15.3. The van der Waals surface area contributed by atoms with Crippen molar-refractivity contribution in [2.75, 3.05) is 41.4 Å². The van der Waals surface area contributed by atoms with Gasteiger partial charge in [-0.1, -0.05) is 0 Å². The van der Waals surface area contributed by atoms with Gasteiger partial charge in [-0.05, 0) is 50.5 Å². The van der Waals surface area contributed by atoms with Crippen LogP contribution in [0.2, 0.25) is 0 Å². The number of hydrogen-bond acceptors (Lipinski definition) is 4. The molecule has 0 aromatic heterocycles. The van der Waals surface area contributed by atoms with E-state index >= 15 is 0 Å². The van der Waals surface area contributed by atoms with Crippen molar-refractivity contribution in [3.63, 3.8) is 0 Å². The maximum atomic E-state index is 12.2. The van der Waals surface area contributed by atoms with E-state index in [4.69, 9.17) is 4.74 Å². The van der Waals surface area contributed by atoms with E-state index in [-0.39, 0.29) is 18.2 Å². The summed E-state index contributed by atoms with van der Waals surface area (Å²) in [6, 6.07) is 6.13. The van der Waals surface area contributed by atoms with Crippen molar-refractivity contribution < 1.29 is 9.53 Å². The summed E-state index contributed by atoms with van der Waals surface area (Å²) in [5.41, 5.74) is 3.19. The first-order valence-electron chi connectivity index (χ1n) is 8.76. The summed E-state index contributed by atoms with van der Waals surface area (Å²) in [4.78, 5) is 14.6. The van der Waals surface area contributed by atoms with Crippen molar-refractivity contribution >= 4 is 29.2 Å². The molecule has 0 spiro atoms. The average molecular weight is 350 g/mol. The van der Waals surface area contributed by atoms with E-state index in [0.717, 1.165) is 43.8 Å². The van der Waals surface area contributed by atoms with Gasteiger partial charge in [0, 0.05) is 42.6 Å². The van der Waals surface area contributed by atoms with Crippen molar-refractivity contribution in [2.24, 2.45) is 0 Å². The summed E-state index contributed by atoms with van der Waals surface area (Å²) in [5.74, 6) is 2.37. The summed E-state index contributed by atoms with van der Waals surface area (Å²) < 4.78 is 5.62. The Labute approximate surface area is 148 Å². The fraction of sp³-hybridized carbons (Fsp3) is 0.611. The Bertz CT molecular complexity index is 569. The second kappa shape index (κ2) is 8.12. The van der Waals surface area contributed by atoms with Crippen LogP contribution in [-0.2, 0) is 4.74 Å². The Morgan fingerprint density at radius 2 is 2.17 bits per heavy atom. The molecule has 0 saturated carbocycles. The Balaban J connectivity index is 1.57. The van der Waals surface area contributed by atoms with Crippen LogP contribution in [0.3, 0.4) is 0 Å². The van der Waals surface area contributed by atoms with Gasteiger partial charge in [0.1, 0.15) is 0 Å². The van der Waals surface area contributed by atoms with Gasteiger partial charge >= 0.3 is 6.03 Å². The Morgan fingerprint density at radius 3 is 2.83 bits per heavy atom. The molecule has 2 fully saturated rings. The van der Waals surface area contributed by atoms with Crippen LogP contribution in [0.4, 0.5) is 16.2 Å². The minimum Gasteiger partial charge on any atom is -0.376 e. The van der Waals surface area contributed by atoms with Gasteiger partial charge in [0.15, 0.2) is 0 Å². The Kier molecular flexibility index (Phi) is 5.89. The van der Waals surface area contributed by atoms with E-state index in [9.17, 15) is 4.79 Å². The highest BCUT2D eigenvalue weighted by Crippen LogP contribution is 2.25. The molecule has 0 radical (unpaired) electrons. The van der Waals surface area contributed by atoms with Gasteiger partial charge in [-0.15, -0.1) is 0 Å². The first kappa shape index (κ1) is 17.4. The Hall–Kier alpha value is -1.40. The number of nitrogens with zero attached hydrogens (tertiary/aromatic N) is 1. The predicted octanol–water partition coefficient (Wildman–Crippen LogP) is 3.24. The molecule has 2 N–H and O–H groups in total. The molecule has 1 aromatic carbocycles. The number of carbonyl (C=O) groups is 1. The van der Waals surface area contributed by atoms with Gasteiger partial charge in [0.05, 0.1) is 12.1 Å². The van der Waals surface area contributed by atoms with E-state index in [1.54, 1.807) is 0 Å². The molecule has 3 rings (SSSR count). The van der Waals surface area contributed by atoms with Crippen molar-refractivity contribution in [1.29, 1.82) is 0 Å². The number of ether oxygens (including phenoxy) is 1. The lowest BCUT2D eigenvalue weighted by Crippen LogP contribution is -2.43. The third-order valence-electron chi connectivity index (χ3n) is 4.72. The highest BCUT2D eigenvalue weighted by Gasteiger charge is 2.23. The molecule has 132 valence electrons. The quantitative estimate of drug-likeness (QED) is 0.876. The van der Waals surface area contributed by atoms with Crippen molar-refractivity contribution in [3.05, 3.63) is 23.8 Å². The van der Waals surface area contributed by atoms with Crippen molar-refractivity contribution in [1.82, 2.24) is 5.32 Å². The first-order chi connectivity index (χ1) is 11.6. The smallest absolute Gasteiger partial charge is 0.319 e. The highest BCUT2D eigenvalue weighted by atomic mass is 32.2. The van der Waals surface area contributed by atoms with Crippen molar-refractivity contribution in [3.8, 4) is 0 Å². The highest BCUT2D eigenvalue weighted by molar-refractivity contribution is 7.99. The van der Waals surface area contributed by atoms with E-state index in [2.05, 4.69) is 27.7 Å². The van der Waals surface area contributed by atoms with Crippen LogP contribution in [0.5, 0.6) is 0 Å². The minimum absolute atomic E-state index is 0.0259. The molecule has 1 aromatic rings. The van der Waals surface area contributed by atoms with Crippen LogP contribution in [0, 0.1) is 6.92 Å². The molecule has 2 amide bonds. The molecule has 2 saturated heterocycles. The summed E-state index contributed by atoms with van der Waals surface area (Å²) in [5, 5.41) is 5.95. The monoisotopic (exact) mass is 349 g/mol. The summed E-state index contributed by atoms with van der Waals surface area (Å²) in [6.07, 6.45) is 2.23. The lowest BCUT2D eigenvalue weighted by atomic mass is 10.1. The van der Waals surface area contributed by atoms with Crippen LogP contribution in [0.25, 0.3) is 0 Å². The number of aryl methyl sites for hydroxylation is 1. The van der Waals surface area contributed by atoms with E-state index in [1.165, 1.54) is 17.2 Å². The normalized spacial score (nSPS) is 22.2. The lowest BCUT2D eigenvalue weighted by Gasteiger charge is -2.29. The fourth-order valence-corrected chi connectivity index (χ4v) is 4.16. The number of rotatable bonds is 4. The van der Waals surface area contributed by atoms with Gasteiger partial charge < -0.3 is 20.3 Å². The van der Waals surface area contributed by atoms with Gasteiger partial charge in [-0.2, -0.15) is 11.8 Å².